The fourth-order valence-corrected chi connectivity index (χ4v) is 2.84. The fraction of sp³-hybridized carbons (Fsp3) is 0.600. The molecular formula is C15H15F7O. The van der Waals surface area contributed by atoms with E-state index in [2.05, 4.69) is 0 Å². The zero-order valence-corrected chi connectivity index (χ0v) is 11.9. The van der Waals surface area contributed by atoms with Gasteiger partial charge in [-0.05, 0) is 36.5 Å². The standard InChI is InChI=1S/C15H15F7O/c16-13(17,14(18,19)15(20,21)22)11-8-10(6-7-12(11)23)9-4-2-1-3-5-9/h6-9,23H,1-5H2. The van der Waals surface area contributed by atoms with Gasteiger partial charge >= 0.3 is 18.0 Å². The third-order valence-electron chi connectivity index (χ3n) is 4.19. The van der Waals surface area contributed by atoms with Crippen molar-refractivity contribution >= 4 is 0 Å². The molecule has 0 saturated heterocycles. The average Bonchev–Trinajstić information content (AvgIpc) is 2.47. The van der Waals surface area contributed by atoms with Crippen molar-refractivity contribution in [1.82, 2.24) is 0 Å². The van der Waals surface area contributed by atoms with Gasteiger partial charge in [0.05, 0.1) is 5.56 Å². The molecule has 1 saturated carbocycles. The molecule has 1 aromatic carbocycles. The highest BCUT2D eigenvalue weighted by Gasteiger charge is 2.74. The number of aromatic hydroxyl groups is 1. The molecule has 1 N–H and O–H groups in total. The minimum absolute atomic E-state index is 0.182. The number of phenolic OH excluding ortho intramolecular Hbond substituents is 1. The summed E-state index contributed by atoms with van der Waals surface area (Å²) in [4.78, 5) is 0. The SMILES string of the molecule is Oc1ccc(C2CCCCC2)cc1C(F)(F)C(F)(F)C(F)(F)F. The molecule has 0 unspecified atom stereocenters. The van der Waals surface area contributed by atoms with Gasteiger partial charge < -0.3 is 5.11 Å². The van der Waals surface area contributed by atoms with Gasteiger partial charge in [-0.1, -0.05) is 25.3 Å². The Bertz CT molecular complexity index is 559. The van der Waals surface area contributed by atoms with Crippen LogP contribution in [0.3, 0.4) is 0 Å². The first-order chi connectivity index (χ1) is 10.5. The van der Waals surface area contributed by atoms with Crippen LogP contribution in [0.15, 0.2) is 18.2 Å². The summed E-state index contributed by atoms with van der Waals surface area (Å²) >= 11 is 0. The summed E-state index contributed by atoms with van der Waals surface area (Å²) in [5.41, 5.74) is -1.45. The lowest BCUT2D eigenvalue weighted by atomic mass is 9.83. The highest BCUT2D eigenvalue weighted by atomic mass is 19.4. The van der Waals surface area contributed by atoms with Crippen LogP contribution in [-0.2, 0) is 5.92 Å². The Morgan fingerprint density at radius 1 is 0.870 bits per heavy atom. The average molecular weight is 344 g/mol. The molecule has 0 radical (unpaired) electrons. The monoisotopic (exact) mass is 344 g/mol. The van der Waals surface area contributed by atoms with Crippen molar-refractivity contribution in [2.24, 2.45) is 0 Å². The largest absolute Gasteiger partial charge is 0.507 e. The molecule has 0 spiro atoms. The number of halogens is 7. The zero-order valence-electron chi connectivity index (χ0n) is 11.9. The van der Waals surface area contributed by atoms with E-state index in [4.69, 9.17) is 0 Å². The number of hydrogen-bond donors (Lipinski definition) is 1. The van der Waals surface area contributed by atoms with Gasteiger partial charge in [-0.25, -0.2) is 0 Å². The predicted molar refractivity (Wildman–Crippen MR) is 68.8 cm³/mol. The Balaban J connectivity index is 2.45. The topological polar surface area (TPSA) is 20.2 Å². The molecule has 1 aromatic rings. The summed E-state index contributed by atoms with van der Waals surface area (Å²) in [6.07, 6.45) is -2.52. The van der Waals surface area contributed by atoms with Crippen molar-refractivity contribution < 1.29 is 35.8 Å². The van der Waals surface area contributed by atoms with Crippen LogP contribution >= 0.6 is 0 Å². The third kappa shape index (κ3) is 3.12. The summed E-state index contributed by atoms with van der Waals surface area (Å²) < 4.78 is 90.8. The maximum atomic E-state index is 13.8. The van der Waals surface area contributed by atoms with Gasteiger partial charge in [0, 0.05) is 0 Å². The van der Waals surface area contributed by atoms with Crippen molar-refractivity contribution in [3.63, 3.8) is 0 Å². The predicted octanol–water partition coefficient (Wildman–Crippen LogP) is 5.73. The maximum Gasteiger partial charge on any atom is 0.460 e. The summed E-state index contributed by atoms with van der Waals surface area (Å²) in [6, 6.07) is 2.61. The van der Waals surface area contributed by atoms with Crippen LogP contribution in [0.2, 0.25) is 0 Å². The minimum Gasteiger partial charge on any atom is -0.507 e. The van der Waals surface area contributed by atoms with E-state index in [-0.39, 0.29) is 11.5 Å². The van der Waals surface area contributed by atoms with Gasteiger partial charge in [0.2, 0.25) is 0 Å². The minimum atomic E-state index is -6.43. The zero-order chi connectivity index (χ0) is 17.5. The van der Waals surface area contributed by atoms with Crippen molar-refractivity contribution in [3.05, 3.63) is 29.3 Å². The smallest absolute Gasteiger partial charge is 0.460 e. The lowest BCUT2D eigenvalue weighted by Crippen LogP contribution is -2.50. The van der Waals surface area contributed by atoms with Crippen LogP contribution in [0.5, 0.6) is 5.75 Å². The van der Waals surface area contributed by atoms with E-state index in [0.717, 1.165) is 25.3 Å². The molecule has 0 amide bonds. The van der Waals surface area contributed by atoms with Crippen molar-refractivity contribution in [2.45, 2.75) is 56.0 Å². The first kappa shape index (κ1) is 17.9. The molecule has 0 heterocycles. The molecule has 1 aliphatic rings. The van der Waals surface area contributed by atoms with Crippen molar-refractivity contribution in [2.75, 3.05) is 0 Å². The number of hydrogen-bond acceptors (Lipinski definition) is 1. The van der Waals surface area contributed by atoms with Crippen LogP contribution in [0, 0.1) is 0 Å². The second-order valence-corrected chi connectivity index (χ2v) is 5.76. The number of rotatable bonds is 3. The quantitative estimate of drug-likeness (QED) is 0.695. The molecule has 2 rings (SSSR count). The molecule has 0 aliphatic heterocycles. The Labute approximate surface area is 128 Å². The Morgan fingerprint density at radius 3 is 1.96 bits per heavy atom. The van der Waals surface area contributed by atoms with Gasteiger partial charge in [0.15, 0.2) is 0 Å². The van der Waals surface area contributed by atoms with Gasteiger partial charge in [0.1, 0.15) is 5.75 Å². The number of alkyl halides is 7. The summed E-state index contributed by atoms with van der Waals surface area (Å²) in [6.45, 7) is 0. The van der Waals surface area contributed by atoms with E-state index in [9.17, 15) is 35.8 Å². The number of phenols is 1. The van der Waals surface area contributed by atoms with Gasteiger partial charge in [-0.3, -0.25) is 0 Å². The van der Waals surface area contributed by atoms with E-state index in [0.29, 0.717) is 18.9 Å². The maximum absolute atomic E-state index is 13.8. The molecule has 0 bridgehead atoms. The highest BCUT2D eigenvalue weighted by Crippen LogP contribution is 2.54. The molecule has 1 aliphatic carbocycles. The first-order valence-corrected chi connectivity index (χ1v) is 7.14. The number of benzene rings is 1. The molecule has 8 heteroatoms. The lowest BCUT2D eigenvalue weighted by Gasteiger charge is -2.30. The normalized spacial score (nSPS) is 18.2. The first-order valence-electron chi connectivity index (χ1n) is 7.14. The van der Waals surface area contributed by atoms with Crippen molar-refractivity contribution in [3.8, 4) is 5.75 Å². The van der Waals surface area contributed by atoms with Crippen LogP contribution in [0.4, 0.5) is 30.7 Å². The second kappa shape index (κ2) is 5.87. The van der Waals surface area contributed by atoms with E-state index in [1.54, 1.807) is 0 Å². The van der Waals surface area contributed by atoms with Gasteiger partial charge in [-0.15, -0.1) is 0 Å². The van der Waals surface area contributed by atoms with Gasteiger partial charge in [-0.2, -0.15) is 30.7 Å². The van der Waals surface area contributed by atoms with E-state index < -0.39 is 29.3 Å². The van der Waals surface area contributed by atoms with Crippen molar-refractivity contribution in [1.29, 1.82) is 0 Å². The van der Waals surface area contributed by atoms with Crippen LogP contribution in [-0.4, -0.2) is 17.2 Å². The Kier molecular flexibility index (Phi) is 4.56. The third-order valence-corrected chi connectivity index (χ3v) is 4.19. The van der Waals surface area contributed by atoms with Crippen LogP contribution in [0.1, 0.15) is 49.1 Å². The summed E-state index contributed by atoms with van der Waals surface area (Å²) in [7, 11) is 0. The molecule has 0 aromatic heterocycles. The molecule has 1 fully saturated rings. The van der Waals surface area contributed by atoms with E-state index in [1.165, 1.54) is 6.07 Å². The lowest BCUT2D eigenvalue weighted by molar-refractivity contribution is -0.359. The fourth-order valence-electron chi connectivity index (χ4n) is 2.84. The summed E-state index contributed by atoms with van der Waals surface area (Å²) in [5.74, 6) is -13.3. The molecular weight excluding hydrogens is 329 g/mol. The Morgan fingerprint density at radius 2 is 1.43 bits per heavy atom. The second-order valence-electron chi connectivity index (χ2n) is 5.76. The van der Waals surface area contributed by atoms with Crippen LogP contribution < -0.4 is 0 Å². The highest BCUT2D eigenvalue weighted by molar-refractivity contribution is 5.42. The van der Waals surface area contributed by atoms with E-state index >= 15 is 0 Å². The summed E-state index contributed by atoms with van der Waals surface area (Å²) in [5, 5.41) is 9.42. The van der Waals surface area contributed by atoms with E-state index in [1.807, 2.05) is 0 Å². The van der Waals surface area contributed by atoms with Gasteiger partial charge in [0.25, 0.3) is 0 Å². The molecule has 0 atom stereocenters. The molecule has 1 nitrogen and oxygen atoms in total. The Hall–Kier alpha value is -1.47. The molecule has 23 heavy (non-hydrogen) atoms. The molecule has 130 valence electrons. The van der Waals surface area contributed by atoms with Crippen LogP contribution in [0.25, 0.3) is 0 Å².